The molecule has 0 fully saturated rings. The zero-order valence-corrected chi connectivity index (χ0v) is 20.4. The summed E-state index contributed by atoms with van der Waals surface area (Å²) in [6.45, 7) is 3.74. The summed E-state index contributed by atoms with van der Waals surface area (Å²) < 4.78 is 10.4. The van der Waals surface area contributed by atoms with Crippen LogP contribution in [-0.4, -0.2) is 41.2 Å². The van der Waals surface area contributed by atoms with Gasteiger partial charge in [0.2, 0.25) is 5.91 Å². The number of benzene rings is 2. The van der Waals surface area contributed by atoms with Crippen LogP contribution in [0, 0.1) is 0 Å². The Morgan fingerprint density at radius 1 is 1.09 bits per heavy atom. The first-order valence-electron chi connectivity index (χ1n) is 10.6. The molecule has 1 atom stereocenters. The van der Waals surface area contributed by atoms with Gasteiger partial charge in [-0.15, -0.1) is 23.1 Å². The number of thiazole rings is 1. The summed E-state index contributed by atoms with van der Waals surface area (Å²) in [7, 11) is 0. The number of ether oxygens (including phenoxy) is 2. The Morgan fingerprint density at radius 3 is 2.65 bits per heavy atom. The molecule has 1 unspecified atom stereocenters. The van der Waals surface area contributed by atoms with Gasteiger partial charge < -0.3 is 20.1 Å². The van der Waals surface area contributed by atoms with Crippen LogP contribution >= 0.6 is 23.1 Å². The monoisotopic (exact) mass is 499 g/mol. The Labute approximate surface area is 206 Å². The number of amides is 2. The molecule has 2 amide bonds. The van der Waals surface area contributed by atoms with E-state index in [4.69, 9.17) is 9.47 Å². The van der Waals surface area contributed by atoms with Gasteiger partial charge in [0.15, 0.2) is 11.7 Å². The van der Waals surface area contributed by atoms with E-state index in [1.54, 1.807) is 43.5 Å². The zero-order valence-electron chi connectivity index (χ0n) is 18.8. The summed E-state index contributed by atoms with van der Waals surface area (Å²) in [6.07, 6.45) is 0.0689. The van der Waals surface area contributed by atoms with Crippen LogP contribution in [0.25, 0.3) is 0 Å². The minimum absolute atomic E-state index is 0.0689. The molecule has 0 spiro atoms. The maximum Gasteiger partial charge on any atom is 0.311 e. The first kappa shape index (κ1) is 25.3. The van der Waals surface area contributed by atoms with E-state index in [2.05, 4.69) is 15.6 Å². The number of para-hydroxylation sites is 1. The van der Waals surface area contributed by atoms with Gasteiger partial charge in [-0.1, -0.05) is 24.3 Å². The molecule has 3 aromatic rings. The molecule has 10 heteroatoms. The highest BCUT2D eigenvalue weighted by Gasteiger charge is 2.17. The molecule has 0 saturated heterocycles. The molecule has 2 aromatic carbocycles. The lowest BCUT2D eigenvalue weighted by molar-refractivity contribution is -0.142. The Bertz CT molecular complexity index is 1120. The Balaban J connectivity index is 1.49. The molecular formula is C24H25N3O5S2. The van der Waals surface area contributed by atoms with Crippen LogP contribution in [0.15, 0.2) is 64.9 Å². The fraction of sp³-hybridized carbons (Fsp3) is 0.250. The molecule has 0 aliphatic rings. The van der Waals surface area contributed by atoms with Crippen LogP contribution in [0.1, 0.15) is 19.5 Å². The van der Waals surface area contributed by atoms with Gasteiger partial charge in [-0.25, -0.2) is 4.98 Å². The highest BCUT2D eigenvalue weighted by molar-refractivity contribution is 8.00. The van der Waals surface area contributed by atoms with E-state index in [0.717, 1.165) is 4.90 Å². The summed E-state index contributed by atoms with van der Waals surface area (Å²) >= 11 is 2.61. The quantitative estimate of drug-likeness (QED) is 0.298. The van der Waals surface area contributed by atoms with Gasteiger partial charge in [-0.2, -0.15) is 0 Å². The van der Waals surface area contributed by atoms with Crippen molar-refractivity contribution in [3.05, 3.63) is 65.7 Å². The maximum atomic E-state index is 12.6. The van der Waals surface area contributed by atoms with E-state index in [9.17, 15) is 14.4 Å². The second-order valence-electron chi connectivity index (χ2n) is 7.05. The molecule has 2 N–H and O–H groups in total. The number of anilines is 2. The average Bonchev–Trinajstić information content (AvgIpc) is 3.25. The fourth-order valence-electron chi connectivity index (χ4n) is 2.78. The largest absolute Gasteiger partial charge is 0.484 e. The number of esters is 1. The number of carbonyl (C=O) groups is 3. The van der Waals surface area contributed by atoms with Crippen LogP contribution in [-0.2, 0) is 25.5 Å². The van der Waals surface area contributed by atoms with Gasteiger partial charge in [0.25, 0.3) is 5.91 Å². The molecular weight excluding hydrogens is 474 g/mol. The van der Waals surface area contributed by atoms with E-state index < -0.39 is 5.25 Å². The third-order valence-corrected chi connectivity index (χ3v) is 6.23. The predicted octanol–water partition coefficient (Wildman–Crippen LogP) is 4.39. The lowest BCUT2D eigenvalue weighted by Crippen LogP contribution is -2.22. The molecule has 1 heterocycles. The minimum Gasteiger partial charge on any atom is -0.484 e. The fourth-order valence-corrected chi connectivity index (χ4v) is 4.42. The van der Waals surface area contributed by atoms with E-state index in [1.165, 1.54) is 23.1 Å². The highest BCUT2D eigenvalue weighted by Crippen LogP contribution is 2.27. The van der Waals surface area contributed by atoms with Crippen molar-refractivity contribution in [2.45, 2.75) is 30.4 Å². The Kier molecular flexibility index (Phi) is 9.48. The number of aromatic nitrogens is 1. The first-order valence-corrected chi connectivity index (χ1v) is 12.3. The summed E-state index contributed by atoms with van der Waals surface area (Å²) in [5.74, 6) is -0.227. The molecule has 0 aliphatic heterocycles. The normalized spacial score (nSPS) is 11.4. The molecule has 0 bridgehead atoms. The lowest BCUT2D eigenvalue weighted by Gasteiger charge is -2.12. The van der Waals surface area contributed by atoms with E-state index in [-0.39, 0.29) is 30.8 Å². The number of carbonyl (C=O) groups excluding carboxylic acids is 3. The van der Waals surface area contributed by atoms with Crippen LogP contribution in [0.3, 0.4) is 0 Å². The van der Waals surface area contributed by atoms with Crippen molar-refractivity contribution in [3.8, 4) is 5.75 Å². The van der Waals surface area contributed by atoms with Crippen molar-refractivity contribution < 1.29 is 23.9 Å². The molecule has 0 radical (unpaired) electrons. The van der Waals surface area contributed by atoms with Crippen LogP contribution in [0.2, 0.25) is 0 Å². The van der Waals surface area contributed by atoms with E-state index in [0.29, 0.717) is 28.9 Å². The number of thioether (sulfide) groups is 1. The van der Waals surface area contributed by atoms with Crippen LogP contribution in [0.5, 0.6) is 5.75 Å². The second kappa shape index (κ2) is 12.8. The molecule has 0 saturated carbocycles. The van der Waals surface area contributed by atoms with Crippen LogP contribution < -0.4 is 15.4 Å². The highest BCUT2D eigenvalue weighted by atomic mass is 32.2. The summed E-state index contributed by atoms with van der Waals surface area (Å²) in [4.78, 5) is 41.4. The third-order valence-electron chi connectivity index (χ3n) is 4.33. The molecule has 1 aromatic heterocycles. The number of nitrogens with one attached hydrogen (secondary N) is 2. The van der Waals surface area contributed by atoms with Crippen molar-refractivity contribution in [3.63, 3.8) is 0 Å². The van der Waals surface area contributed by atoms with E-state index in [1.807, 2.05) is 30.3 Å². The van der Waals surface area contributed by atoms with Gasteiger partial charge in [-0.3, -0.25) is 14.4 Å². The van der Waals surface area contributed by atoms with Gasteiger partial charge >= 0.3 is 5.97 Å². The van der Waals surface area contributed by atoms with Crippen molar-refractivity contribution in [1.29, 1.82) is 0 Å². The lowest BCUT2D eigenvalue weighted by atomic mass is 10.3. The number of hydrogen-bond donors (Lipinski definition) is 2. The van der Waals surface area contributed by atoms with Crippen LogP contribution in [0.4, 0.5) is 10.8 Å². The summed E-state index contributed by atoms with van der Waals surface area (Å²) in [5, 5.41) is 7.31. The molecule has 34 heavy (non-hydrogen) atoms. The molecule has 8 nitrogen and oxygen atoms in total. The van der Waals surface area contributed by atoms with Gasteiger partial charge in [-0.05, 0) is 44.2 Å². The van der Waals surface area contributed by atoms with Crippen molar-refractivity contribution in [2.24, 2.45) is 0 Å². The minimum atomic E-state index is -0.412. The van der Waals surface area contributed by atoms with Gasteiger partial charge in [0, 0.05) is 16.0 Å². The van der Waals surface area contributed by atoms with Crippen molar-refractivity contribution >= 4 is 51.7 Å². The number of nitrogens with zero attached hydrogens (tertiary/aromatic N) is 1. The Morgan fingerprint density at radius 2 is 1.88 bits per heavy atom. The number of rotatable bonds is 11. The van der Waals surface area contributed by atoms with Gasteiger partial charge in [0.1, 0.15) is 5.75 Å². The van der Waals surface area contributed by atoms with Crippen molar-refractivity contribution in [2.75, 3.05) is 23.8 Å². The topological polar surface area (TPSA) is 107 Å². The molecule has 178 valence electrons. The second-order valence-corrected chi connectivity index (χ2v) is 9.33. The molecule has 0 aliphatic carbocycles. The zero-order chi connectivity index (χ0) is 24.3. The maximum absolute atomic E-state index is 12.6. The smallest absolute Gasteiger partial charge is 0.311 e. The predicted molar refractivity (Wildman–Crippen MR) is 133 cm³/mol. The number of hydrogen-bond acceptors (Lipinski definition) is 8. The van der Waals surface area contributed by atoms with Crippen molar-refractivity contribution in [1.82, 2.24) is 4.98 Å². The van der Waals surface area contributed by atoms with E-state index >= 15 is 0 Å². The SMILES string of the molecule is CCOC(=O)Cc1csc(NC(=O)C(C)Sc2cccc(NC(=O)COc3ccccc3)c2)n1. The summed E-state index contributed by atoms with van der Waals surface area (Å²) in [5.41, 5.74) is 1.17. The summed E-state index contributed by atoms with van der Waals surface area (Å²) in [6, 6.07) is 16.4. The van der Waals surface area contributed by atoms with Gasteiger partial charge in [0.05, 0.1) is 24.0 Å². The average molecular weight is 500 g/mol. The Hall–Kier alpha value is -3.37. The first-order chi connectivity index (χ1) is 16.4. The molecule has 3 rings (SSSR count). The third kappa shape index (κ3) is 8.20. The standard InChI is InChI=1S/C24H25N3O5S2/c1-3-31-22(29)13-18-15-33-24(26-18)27-23(30)16(2)34-20-11-7-8-17(12-20)25-21(28)14-32-19-9-5-4-6-10-19/h4-12,15-16H,3,13-14H2,1-2H3,(H,25,28)(H,26,27,30).